The third kappa shape index (κ3) is 2.52. The molecule has 122 valence electrons. The van der Waals surface area contributed by atoms with E-state index in [0.29, 0.717) is 22.4 Å². The van der Waals surface area contributed by atoms with Gasteiger partial charge < -0.3 is 5.32 Å². The van der Waals surface area contributed by atoms with E-state index in [4.69, 9.17) is 11.6 Å². The SMILES string of the molecule is CNc1nc(=O)n(-c2ccccc2Cl)c2cc(C3CC3)c(Br)cc12. The summed E-state index contributed by atoms with van der Waals surface area (Å²) in [6.45, 7) is 0. The number of para-hydroxylation sites is 1. The Kier molecular flexibility index (Phi) is 3.85. The first kappa shape index (κ1) is 15.7. The largest absolute Gasteiger partial charge is 0.372 e. The van der Waals surface area contributed by atoms with Crippen LogP contribution < -0.4 is 11.0 Å². The summed E-state index contributed by atoms with van der Waals surface area (Å²) in [5.41, 5.74) is 2.35. The normalized spacial score (nSPS) is 14.1. The number of halogens is 2. The minimum absolute atomic E-state index is 0.344. The fraction of sp³-hybridized carbons (Fsp3) is 0.222. The Morgan fingerprint density at radius 3 is 2.71 bits per heavy atom. The lowest BCUT2D eigenvalue weighted by Crippen LogP contribution is -2.23. The Morgan fingerprint density at radius 2 is 2.04 bits per heavy atom. The molecule has 1 saturated carbocycles. The van der Waals surface area contributed by atoms with Crippen molar-refractivity contribution < 1.29 is 0 Å². The monoisotopic (exact) mass is 403 g/mol. The van der Waals surface area contributed by atoms with E-state index in [1.165, 1.54) is 18.4 Å². The van der Waals surface area contributed by atoms with Gasteiger partial charge in [0.05, 0.1) is 16.2 Å². The average Bonchev–Trinajstić information content (AvgIpc) is 3.40. The highest BCUT2D eigenvalue weighted by molar-refractivity contribution is 9.10. The Balaban J connectivity index is 2.12. The van der Waals surface area contributed by atoms with Crippen LogP contribution in [-0.4, -0.2) is 16.6 Å². The molecule has 2 aromatic carbocycles. The molecule has 0 radical (unpaired) electrons. The van der Waals surface area contributed by atoms with Gasteiger partial charge in [0.1, 0.15) is 5.82 Å². The molecule has 0 aliphatic heterocycles. The highest BCUT2D eigenvalue weighted by atomic mass is 79.9. The van der Waals surface area contributed by atoms with Crippen LogP contribution in [0.2, 0.25) is 5.02 Å². The van der Waals surface area contributed by atoms with Crippen LogP contribution in [0, 0.1) is 0 Å². The topological polar surface area (TPSA) is 46.9 Å². The van der Waals surface area contributed by atoms with Crippen molar-refractivity contribution in [1.82, 2.24) is 9.55 Å². The second-order valence-corrected chi connectivity index (χ2v) is 7.21. The van der Waals surface area contributed by atoms with Crippen LogP contribution in [0.1, 0.15) is 24.3 Å². The molecule has 0 spiro atoms. The number of rotatable bonds is 3. The second-order valence-electron chi connectivity index (χ2n) is 5.94. The molecular formula is C18H15BrClN3O. The smallest absolute Gasteiger partial charge is 0.354 e. The van der Waals surface area contributed by atoms with Gasteiger partial charge in [-0.05, 0) is 48.6 Å². The highest BCUT2D eigenvalue weighted by Gasteiger charge is 2.27. The van der Waals surface area contributed by atoms with Crippen LogP contribution in [-0.2, 0) is 0 Å². The molecule has 0 atom stereocenters. The standard InChI is InChI=1S/C18H15BrClN3O/c1-21-17-12-8-13(19)11(10-6-7-10)9-16(12)23(18(24)22-17)15-5-3-2-4-14(15)20/h2-5,8-10H,6-7H2,1H3,(H,21,22,24). The lowest BCUT2D eigenvalue weighted by atomic mass is 10.1. The number of fused-ring (bicyclic) bond motifs is 1. The quantitative estimate of drug-likeness (QED) is 0.687. The molecule has 0 unspecified atom stereocenters. The van der Waals surface area contributed by atoms with Crippen molar-refractivity contribution in [2.24, 2.45) is 0 Å². The van der Waals surface area contributed by atoms with Gasteiger partial charge in [-0.3, -0.25) is 4.57 Å². The molecule has 1 fully saturated rings. The summed E-state index contributed by atoms with van der Waals surface area (Å²) in [4.78, 5) is 16.9. The van der Waals surface area contributed by atoms with Gasteiger partial charge in [0, 0.05) is 16.9 Å². The van der Waals surface area contributed by atoms with Crippen LogP contribution in [0.5, 0.6) is 0 Å². The molecule has 24 heavy (non-hydrogen) atoms. The van der Waals surface area contributed by atoms with Gasteiger partial charge in [-0.25, -0.2) is 4.79 Å². The number of hydrogen-bond acceptors (Lipinski definition) is 3. The minimum Gasteiger partial charge on any atom is -0.372 e. The molecule has 4 rings (SSSR count). The molecular weight excluding hydrogens is 390 g/mol. The second kappa shape index (κ2) is 5.90. The van der Waals surface area contributed by atoms with Gasteiger partial charge in [0.15, 0.2) is 0 Å². The zero-order valence-electron chi connectivity index (χ0n) is 13.0. The van der Waals surface area contributed by atoms with Crippen molar-refractivity contribution in [1.29, 1.82) is 0 Å². The third-order valence-corrected chi connectivity index (χ3v) is 5.36. The molecule has 4 nitrogen and oxygen atoms in total. The van der Waals surface area contributed by atoms with Gasteiger partial charge in [0.25, 0.3) is 0 Å². The summed E-state index contributed by atoms with van der Waals surface area (Å²) in [6.07, 6.45) is 2.37. The van der Waals surface area contributed by atoms with Crippen molar-refractivity contribution in [3.05, 3.63) is 61.9 Å². The molecule has 0 amide bonds. The van der Waals surface area contributed by atoms with Crippen LogP contribution in [0.3, 0.4) is 0 Å². The molecule has 6 heteroatoms. The van der Waals surface area contributed by atoms with Crippen LogP contribution in [0.4, 0.5) is 5.82 Å². The summed E-state index contributed by atoms with van der Waals surface area (Å²) in [7, 11) is 1.77. The zero-order chi connectivity index (χ0) is 16.8. The third-order valence-electron chi connectivity index (χ3n) is 4.36. The van der Waals surface area contributed by atoms with Gasteiger partial charge >= 0.3 is 5.69 Å². The first-order valence-corrected chi connectivity index (χ1v) is 8.96. The van der Waals surface area contributed by atoms with Crippen molar-refractivity contribution in [2.75, 3.05) is 12.4 Å². The van der Waals surface area contributed by atoms with E-state index in [9.17, 15) is 4.79 Å². The Hall–Kier alpha value is -1.85. The van der Waals surface area contributed by atoms with E-state index in [-0.39, 0.29) is 5.69 Å². The van der Waals surface area contributed by atoms with Crippen LogP contribution >= 0.6 is 27.5 Å². The van der Waals surface area contributed by atoms with E-state index in [1.54, 1.807) is 17.7 Å². The van der Waals surface area contributed by atoms with Crippen molar-refractivity contribution >= 4 is 44.3 Å². The fourth-order valence-electron chi connectivity index (χ4n) is 3.03. The van der Waals surface area contributed by atoms with E-state index in [2.05, 4.69) is 32.3 Å². The predicted octanol–water partition coefficient (Wildman–Crippen LogP) is 4.72. The van der Waals surface area contributed by atoms with Crippen molar-refractivity contribution in [2.45, 2.75) is 18.8 Å². The average molecular weight is 405 g/mol. The molecule has 1 aliphatic carbocycles. The first-order valence-electron chi connectivity index (χ1n) is 7.79. The summed E-state index contributed by atoms with van der Waals surface area (Å²) in [5.74, 6) is 1.13. The van der Waals surface area contributed by atoms with Gasteiger partial charge in [-0.1, -0.05) is 39.7 Å². The number of aromatic nitrogens is 2. The molecule has 0 saturated heterocycles. The minimum atomic E-state index is -0.344. The number of nitrogens with zero attached hydrogens (tertiary/aromatic N) is 2. The lowest BCUT2D eigenvalue weighted by molar-refractivity contribution is 0.957. The van der Waals surface area contributed by atoms with Gasteiger partial charge in [-0.2, -0.15) is 4.98 Å². The summed E-state index contributed by atoms with van der Waals surface area (Å²) in [5, 5.41) is 4.42. The fourth-order valence-corrected chi connectivity index (χ4v) is 3.91. The molecule has 1 heterocycles. The summed E-state index contributed by atoms with van der Waals surface area (Å²) >= 11 is 10.0. The van der Waals surface area contributed by atoms with Gasteiger partial charge in [0.2, 0.25) is 0 Å². The first-order chi connectivity index (χ1) is 11.6. The maximum atomic E-state index is 12.7. The summed E-state index contributed by atoms with van der Waals surface area (Å²) in [6, 6.07) is 11.5. The summed E-state index contributed by atoms with van der Waals surface area (Å²) < 4.78 is 2.65. The Morgan fingerprint density at radius 1 is 1.29 bits per heavy atom. The molecule has 1 aliphatic rings. The zero-order valence-corrected chi connectivity index (χ0v) is 15.4. The number of nitrogens with one attached hydrogen (secondary N) is 1. The Labute approximate surface area is 152 Å². The van der Waals surface area contributed by atoms with Crippen LogP contribution in [0.25, 0.3) is 16.6 Å². The molecule has 0 bridgehead atoms. The maximum Gasteiger partial charge on any atom is 0.354 e. The van der Waals surface area contributed by atoms with Gasteiger partial charge in [-0.15, -0.1) is 0 Å². The van der Waals surface area contributed by atoms with E-state index in [1.807, 2.05) is 24.3 Å². The van der Waals surface area contributed by atoms with E-state index in [0.717, 1.165) is 15.4 Å². The van der Waals surface area contributed by atoms with Crippen molar-refractivity contribution in [3.8, 4) is 5.69 Å². The highest BCUT2D eigenvalue weighted by Crippen LogP contribution is 2.45. The van der Waals surface area contributed by atoms with E-state index < -0.39 is 0 Å². The number of anilines is 1. The van der Waals surface area contributed by atoms with Crippen LogP contribution in [0.15, 0.2) is 45.7 Å². The van der Waals surface area contributed by atoms with Crippen molar-refractivity contribution in [3.63, 3.8) is 0 Å². The molecule has 3 aromatic rings. The van der Waals surface area contributed by atoms with E-state index >= 15 is 0 Å². The maximum absolute atomic E-state index is 12.7. The molecule has 1 aromatic heterocycles. The number of hydrogen-bond donors (Lipinski definition) is 1. The Bertz CT molecular complexity index is 1010. The number of benzene rings is 2. The molecule has 1 N–H and O–H groups in total. The lowest BCUT2D eigenvalue weighted by Gasteiger charge is -2.15. The predicted molar refractivity (Wildman–Crippen MR) is 102 cm³/mol.